The number of Topliss-reactive ketones (excluding diaryl/α,β-unsaturated/α-hetero) is 1. The molecule has 1 aliphatic heterocycles. The maximum Gasteiger partial charge on any atom is 0.344 e. The minimum absolute atomic E-state index is 0.116. The number of rotatable bonds is 9. The summed E-state index contributed by atoms with van der Waals surface area (Å²) in [6.07, 6.45) is 0.0228. The van der Waals surface area contributed by atoms with Crippen LogP contribution >= 0.6 is 11.6 Å². The number of hydrogen-bond donors (Lipinski definition) is 1. The second kappa shape index (κ2) is 12.7. The van der Waals surface area contributed by atoms with E-state index in [1.54, 1.807) is 44.2 Å². The first-order valence-electron chi connectivity index (χ1n) is 16.6. The van der Waals surface area contributed by atoms with Crippen LogP contribution in [0.3, 0.4) is 0 Å². The number of esters is 2. The van der Waals surface area contributed by atoms with Crippen LogP contribution in [-0.2, 0) is 33.0 Å². The summed E-state index contributed by atoms with van der Waals surface area (Å²) in [5, 5.41) is 13.5. The van der Waals surface area contributed by atoms with Crippen LogP contribution in [-0.4, -0.2) is 72.9 Å². The van der Waals surface area contributed by atoms with Gasteiger partial charge in [-0.3, -0.25) is 4.79 Å². The van der Waals surface area contributed by atoms with Crippen molar-refractivity contribution >= 4 is 37.6 Å². The Labute approximate surface area is 291 Å². The summed E-state index contributed by atoms with van der Waals surface area (Å²) in [7, 11) is -2.46. The fourth-order valence-electron chi connectivity index (χ4n) is 8.17. The topological polar surface area (TPSA) is 118 Å². The van der Waals surface area contributed by atoms with Crippen LogP contribution in [0.25, 0.3) is 0 Å². The van der Waals surface area contributed by atoms with Gasteiger partial charge in [-0.25, -0.2) is 9.59 Å². The Kier molecular flexibility index (Phi) is 10.1. The molecule has 0 radical (unpaired) electrons. The van der Waals surface area contributed by atoms with Crippen molar-refractivity contribution in [1.29, 1.82) is 0 Å². The third kappa shape index (κ3) is 6.32. The lowest BCUT2D eigenvalue weighted by Crippen LogP contribution is -2.85. The van der Waals surface area contributed by atoms with Crippen molar-refractivity contribution in [3.05, 3.63) is 54.6 Å². The quantitative estimate of drug-likeness (QED) is 0.126. The normalized spacial score (nSPS) is 36.2. The minimum atomic E-state index is -2.46. The van der Waals surface area contributed by atoms with Crippen LogP contribution in [0.1, 0.15) is 74.7 Å². The molecule has 3 fully saturated rings. The molecule has 4 rings (SSSR count). The molecule has 8 atom stereocenters. The first-order valence-corrected chi connectivity index (χ1v) is 19.9. The van der Waals surface area contributed by atoms with Gasteiger partial charge in [0.2, 0.25) is 0 Å². The molecule has 1 heterocycles. The molecule has 1 N–H and O–H groups in total. The first kappa shape index (κ1) is 38.3. The second-order valence-corrected chi connectivity index (χ2v) is 21.6. The van der Waals surface area contributed by atoms with Gasteiger partial charge >= 0.3 is 11.9 Å². The average molecular weight is 705 g/mol. The van der Waals surface area contributed by atoms with E-state index in [0.29, 0.717) is 23.6 Å². The van der Waals surface area contributed by atoms with E-state index in [2.05, 4.69) is 47.0 Å². The fourth-order valence-corrected chi connectivity index (χ4v) is 9.55. The third-order valence-corrected chi connectivity index (χ3v) is 16.5. The number of benzene rings is 1. The van der Waals surface area contributed by atoms with Gasteiger partial charge in [-0.15, -0.1) is 6.58 Å². The summed E-state index contributed by atoms with van der Waals surface area (Å²) in [4.78, 5) is 41.8. The van der Waals surface area contributed by atoms with Crippen molar-refractivity contribution in [1.82, 2.24) is 0 Å². The van der Waals surface area contributed by atoms with Gasteiger partial charge in [-0.05, 0) is 87.8 Å². The summed E-state index contributed by atoms with van der Waals surface area (Å²) >= 11 is 5.99. The zero-order valence-corrected chi connectivity index (χ0v) is 31.9. The van der Waals surface area contributed by atoms with Crippen molar-refractivity contribution < 1.29 is 42.9 Å². The van der Waals surface area contributed by atoms with Gasteiger partial charge in [0.25, 0.3) is 0 Å². The van der Waals surface area contributed by atoms with Crippen LogP contribution < -0.4 is 4.74 Å². The number of ether oxygens (including phenoxy) is 4. The average Bonchev–Trinajstić information content (AvgIpc) is 2.98. The fraction of sp³-hybridized carbons (Fsp3) is 0.649. The number of hydrogen-bond acceptors (Lipinski definition) is 9. The van der Waals surface area contributed by atoms with Crippen LogP contribution in [0, 0.1) is 16.7 Å². The maximum atomic E-state index is 15.1. The number of halogens is 1. The molecule has 11 heteroatoms. The highest BCUT2D eigenvalue weighted by Gasteiger charge is 2.81. The molecule has 0 bridgehead atoms. The molecule has 3 aliphatic rings. The van der Waals surface area contributed by atoms with E-state index < -0.39 is 78.7 Å². The number of carbonyl (C=O) groups is 3. The van der Waals surface area contributed by atoms with E-state index in [0.717, 1.165) is 6.08 Å². The van der Waals surface area contributed by atoms with Crippen molar-refractivity contribution in [3.63, 3.8) is 0 Å². The molecule has 266 valence electrons. The summed E-state index contributed by atoms with van der Waals surface area (Å²) in [6, 6.07) is 6.50. The Morgan fingerprint density at radius 1 is 1.06 bits per heavy atom. The Balaban J connectivity index is 1.88. The van der Waals surface area contributed by atoms with Gasteiger partial charge in [0.15, 0.2) is 26.8 Å². The van der Waals surface area contributed by atoms with Gasteiger partial charge in [0, 0.05) is 17.0 Å². The van der Waals surface area contributed by atoms with Gasteiger partial charge < -0.3 is 28.5 Å². The zero-order valence-electron chi connectivity index (χ0n) is 30.1. The monoisotopic (exact) mass is 704 g/mol. The van der Waals surface area contributed by atoms with Gasteiger partial charge in [0.1, 0.15) is 29.2 Å². The highest BCUT2D eigenvalue weighted by atomic mass is 35.5. The van der Waals surface area contributed by atoms with Crippen LogP contribution in [0.5, 0.6) is 5.75 Å². The molecule has 1 aromatic carbocycles. The zero-order chi connectivity index (χ0) is 36.3. The van der Waals surface area contributed by atoms with Gasteiger partial charge in [-0.2, -0.15) is 0 Å². The maximum absolute atomic E-state index is 15.1. The predicted octanol–water partition coefficient (Wildman–Crippen LogP) is 7.00. The van der Waals surface area contributed by atoms with Gasteiger partial charge in [0.05, 0.1) is 11.0 Å². The van der Waals surface area contributed by atoms with E-state index >= 15 is 4.79 Å². The molecule has 0 spiro atoms. The van der Waals surface area contributed by atoms with Crippen molar-refractivity contribution in [2.45, 2.75) is 128 Å². The number of carbonyl (C=O) groups excluding carboxylic acids is 3. The lowest BCUT2D eigenvalue weighted by Gasteiger charge is -2.71. The largest absolute Gasteiger partial charge is 0.482 e. The number of ketones is 1. The summed E-state index contributed by atoms with van der Waals surface area (Å²) in [5.74, 6) is -2.25. The molecule has 9 nitrogen and oxygen atoms in total. The summed E-state index contributed by atoms with van der Waals surface area (Å²) in [5.41, 5.74) is -6.94. The van der Waals surface area contributed by atoms with E-state index in [4.69, 9.17) is 35.0 Å². The summed E-state index contributed by atoms with van der Waals surface area (Å²) in [6.45, 7) is 26.7. The first-order chi connectivity index (χ1) is 21.9. The smallest absolute Gasteiger partial charge is 0.344 e. The molecule has 2 saturated carbocycles. The van der Waals surface area contributed by atoms with Gasteiger partial charge in [-0.1, -0.05) is 58.9 Å². The molecular formula is C37H53ClO9Si. The number of aliphatic hydroxyl groups is 1. The van der Waals surface area contributed by atoms with E-state index in [9.17, 15) is 14.7 Å². The molecule has 2 aliphatic carbocycles. The van der Waals surface area contributed by atoms with Crippen LogP contribution in [0.2, 0.25) is 23.2 Å². The van der Waals surface area contributed by atoms with E-state index in [1.165, 1.54) is 0 Å². The van der Waals surface area contributed by atoms with E-state index in [-0.39, 0.29) is 17.2 Å². The SMILES string of the molecule is C=CC(=O)O[C@H]1[C@H]2C(C)(C)CC(O[Si](C)(C)C(C)(C)C)C(=O)[C@]2(C)[C@@]2(O)CC[C@](C)(C=C)O[C@]2(C)[C@H]1OC(=O)COc1ccc(Cl)cc1. The van der Waals surface area contributed by atoms with Crippen molar-refractivity contribution in [3.8, 4) is 5.75 Å². The Hall–Kier alpha value is -2.50. The molecule has 1 aromatic rings. The Morgan fingerprint density at radius 2 is 1.67 bits per heavy atom. The van der Waals surface area contributed by atoms with E-state index in [1.807, 2.05) is 20.8 Å². The lowest BCUT2D eigenvalue weighted by atomic mass is 9.40. The molecular weight excluding hydrogens is 652 g/mol. The van der Waals surface area contributed by atoms with Crippen molar-refractivity contribution in [2.24, 2.45) is 16.7 Å². The second-order valence-electron chi connectivity index (χ2n) is 16.4. The molecule has 0 aromatic heterocycles. The molecule has 1 unspecified atom stereocenters. The Morgan fingerprint density at radius 3 is 2.21 bits per heavy atom. The highest BCUT2D eigenvalue weighted by molar-refractivity contribution is 6.74. The molecule has 48 heavy (non-hydrogen) atoms. The third-order valence-electron chi connectivity index (χ3n) is 11.8. The number of fused-ring (bicyclic) bond motifs is 3. The minimum Gasteiger partial charge on any atom is -0.482 e. The Bertz CT molecular complexity index is 1450. The van der Waals surface area contributed by atoms with Crippen molar-refractivity contribution in [2.75, 3.05) is 6.61 Å². The summed E-state index contributed by atoms with van der Waals surface area (Å²) < 4.78 is 31.6. The molecule has 0 amide bonds. The van der Waals surface area contributed by atoms with Crippen LogP contribution in [0.15, 0.2) is 49.6 Å². The standard InChI is InChI=1S/C37H53ClO9Si/c1-13-26(39)44-28-29-33(6,7)21-25(46-48(11,12)32(3,4)5)30(41)35(29,9)37(42)20-19-34(8,14-2)47-36(37,10)31(28)45-27(40)22-43-24-17-15-23(38)16-18-24/h13-18,25,28-29,31,42H,1-2,19-22H2,3-12H3/t25?,28-,29-,31-,34-,35+,36+,37-/m0/s1. The predicted molar refractivity (Wildman–Crippen MR) is 186 cm³/mol. The van der Waals surface area contributed by atoms with Crippen LogP contribution in [0.4, 0.5) is 0 Å². The molecule has 1 saturated heterocycles. The highest BCUT2D eigenvalue weighted by Crippen LogP contribution is 2.67. The lowest BCUT2D eigenvalue weighted by molar-refractivity contribution is -0.370.